The molecule has 2 N–H and O–H groups in total. The third kappa shape index (κ3) is 4.81. The number of nitrogens with one attached hydrogen (secondary N) is 2. The highest BCUT2D eigenvalue weighted by Crippen LogP contribution is 2.27. The number of hydrogen-bond acceptors (Lipinski definition) is 6. The summed E-state index contributed by atoms with van der Waals surface area (Å²) in [5.41, 5.74) is 2.97. The number of amides is 1. The van der Waals surface area contributed by atoms with Gasteiger partial charge in [-0.1, -0.05) is 59.0 Å². The SMILES string of the molecule is Cc1ccc(Nc2nnc(SCC(=O)Nc3ccccc3)s2)cc1. The Morgan fingerprint density at radius 2 is 1.79 bits per heavy atom. The Morgan fingerprint density at radius 3 is 2.54 bits per heavy atom. The Morgan fingerprint density at radius 1 is 1.04 bits per heavy atom. The van der Waals surface area contributed by atoms with Crippen molar-refractivity contribution >= 4 is 45.5 Å². The lowest BCUT2D eigenvalue weighted by Crippen LogP contribution is -2.13. The van der Waals surface area contributed by atoms with Crippen molar-refractivity contribution in [3.8, 4) is 0 Å². The van der Waals surface area contributed by atoms with E-state index in [0.717, 1.165) is 15.7 Å². The molecule has 0 fully saturated rings. The third-order valence-corrected chi connectivity index (χ3v) is 5.07. The Balaban J connectivity index is 1.50. The van der Waals surface area contributed by atoms with Crippen LogP contribution in [0.25, 0.3) is 0 Å². The van der Waals surface area contributed by atoms with Crippen LogP contribution in [-0.2, 0) is 4.79 Å². The van der Waals surface area contributed by atoms with Crippen molar-refractivity contribution < 1.29 is 4.79 Å². The summed E-state index contributed by atoms with van der Waals surface area (Å²) in [6.07, 6.45) is 0. The zero-order chi connectivity index (χ0) is 16.8. The number of hydrogen-bond donors (Lipinski definition) is 2. The van der Waals surface area contributed by atoms with Gasteiger partial charge in [0.15, 0.2) is 4.34 Å². The van der Waals surface area contributed by atoms with Gasteiger partial charge >= 0.3 is 0 Å². The second kappa shape index (κ2) is 7.94. The molecule has 0 unspecified atom stereocenters. The van der Waals surface area contributed by atoms with E-state index in [1.807, 2.05) is 61.5 Å². The number of carbonyl (C=O) groups is 1. The molecule has 1 amide bonds. The molecule has 7 heteroatoms. The second-order valence-corrected chi connectivity index (χ2v) is 7.27. The first-order valence-electron chi connectivity index (χ1n) is 7.34. The monoisotopic (exact) mass is 356 g/mol. The molecule has 0 bridgehead atoms. The summed E-state index contributed by atoms with van der Waals surface area (Å²) in [6.45, 7) is 2.05. The summed E-state index contributed by atoms with van der Waals surface area (Å²) in [5, 5.41) is 15.0. The maximum atomic E-state index is 11.9. The lowest BCUT2D eigenvalue weighted by molar-refractivity contribution is -0.113. The maximum absolute atomic E-state index is 11.9. The van der Waals surface area contributed by atoms with Gasteiger partial charge < -0.3 is 10.6 Å². The van der Waals surface area contributed by atoms with Crippen LogP contribution in [0.1, 0.15) is 5.56 Å². The summed E-state index contributed by atoms with van der Waals surface area (Å²) in [5.74, 6) is 0.239. The number of nitrogens with zero attached hydrogens (tertiary/aromatic N) is 2. The molecule has 3 aromatic rings. The van der Waals surface area contributed by atoms with Crippen molar-refractivity contribution in [1.29, 1.82) is 0 Å². The van der Waals surface area contributed by atoms with Crippen LogP contribution < -0.4 is 10.6 Å². The number of aryl methyl sites for hydroxylation is 1. The van der Waals surface area contributed by atoms with E-state index in [-0.39, 0.29) is 5.91 Å². The fourth-order valence-corrected chi connectivity index (χ4v) is 3.50. The molecular weight excluding hydrogens is 340 g/mol. The van der Waals surface area contributed by atoms with Crippen LogP contribution in [0.2, 0.25) is 0 Å². The second-order valence-electron chi connectivity index (χ2n) is 5.07. The van der Waals surface area contributed by atoms with Crippen molar-refractivity contribution in [2.75, 3.05) is 16.4 Å². The van der Waals surface area contributed by atoms with Gasteiger partial charge in [0, 0.05) is 11.4 Å². The van der Waals surface area contributed by atoms with E-state index >= 15 is 0 Å². The molecule has 24 heavy (non-hydrogen) atoms. The summed E-state index contributed by atoms with van der Waals surface area (Å²) >= 11 is 2.80. The van der Waals surface area contributed by atoms with Gasteiger partial charge in [-0.3, -0.25) is 4.79 Å². The Kier molecular flexibility index (Phi) is 5.45. The van der Waals surface area contributed by atoms with Crippen molar-refractivity contribution in [2.45, 2.75) is 11.3 Å². The lowest BCUT2D eigenvalue weighted by atomic mass is 10.2. The van der Waals surface area contributed by atoms with E-state index in [4.69, 9.17) is 0 Å². The zero-order valence-corrected chi connectivity index (χ0v) is 14.7. The first kappa shape index (κ1) is 16.5. The predicted octanol–water partition coefficient (Wildman–Crippen LogP) is 4.32. The average molecular weight is 356 g/mol. The van der Waals surface area contributed by atoms with Crippen LogP contribution in [0.3, 0.4) is 0 Å². The van der Waals surface area contributed by atoms with Crippen LogP contribution in [0.15, 0.2) is 58.9 Å². The highest BCUT2D eigenvalue weighted by Gasteiger charge is 2.08. The van der Waals surface area contributed by atoms with E-state index < -0.39 is 0 Å². The van der Waals surface area contributed by atoms with Crippen LogP contribution in [0, 0.1) is 6.92 Å². The first-order chi connectivity index (χ1) is 11.7. The minimum atomic E-state index is -0.0607. The molecule has 5 nitrogen and oxygen atoms in total. The average Bonchev–Trinajstić information content (AvgIpc) is 3.04. The molecule has 0 spiro atoms. The minimum Gasteiger partial charge on any atom is -0.330 e. The lowest BCUT2D eigenvalue weighted by Gasteiger charge is -2.03. The number of thioether (sulfide) groups is 1. The molecule has 122 valence electrons. The fourth-order valence-electron chi connectivity index (χ4n) is 1.92. The van der Waals surface area contributed by atoms with Crippen molar-refractivity contribution in [2.24, 2.45) is 0 Å². The molecule has 2 aromatic carbocycles. The predicted molar refractivity (Wildman–Crippen MR) is 100 cm³/mol. The van der Waals surface area contributed by atoms with Crippen LogP contribution in [-0.4, -0.2) is 21.9 Å². The number of anilines is 3. The molecule has 0 saturated carbocycles. The number of rotatable bonds is 6. The quantitative estimate of drug-likeness (QED) is 0.644. The summed E-state index contributed by atoms with van der Waals surface area (Å²) in [7, 11) is 0. The van der Waals surface area contributed by atoms with E-state index in [9.17, 15) is 4.79 Å². The molecule has 1 heterocycles. The molecule has 0 aliphatic carbocycles. The summed E-state index contributed by atoms with van der Waals surface area (Å²) in [6, 6.07) is 17.5. The Bertz CT molecular complexity index is 803. The van der Waals surface area contributed by atoms with Gasteiger partial charge in [0.05, 0.1) is 5.75 Å². The largest absolute Gasteiger partial charge is 0.330 e. The van der Waals surface area contributed by atoms with E-state index in [1.54, 1.807) is 0 Å². The molecule has 0 aliphatic rings. The zero-order valence-electron chi connectivity index (χ0n) is 13.0. The van der Waals surface area contributed by atoms with Gasteiger partial charge in [0.1, 0.15) is 0 Å². The van der Waals surface area contributed by atoms with Crippen molar-refractivity contribution in [3.63, 3.8) is 0 Å². The van der Waals surface area contributed by atoms with Gasteiger partial charge in [0.2, 0.25) is 11.0 Å². The van der Waals surface area contributed by atoms with Crippen LogP contribution >= 0.6 is 23.1 Å². The third-order valence-electron chi connectivity index (χ3n) is 3.09. The molecule has 0 radical (unpaired) electrons. The smallest absolute Gasteiger partial charge is 0.234 e. The molecule has 1 aromatic heterocycles. The van der Waals surface area contributed by atoms with Gasteiger partial charge in [-0.25, -0.2) is 0 Å². The first-order valence-corrected chi connectivity index (χ1v) is 9.14. The number of benzene rings is 2. The topological polar surface area (TPSA) is 66.9 Å². The molecule has 0 atom stereocenters. The molecule has 3 rings (SSSR count). The molecule has 0 aliphatic heterocycles. The highest BCUT2D eigenvalue weighted by molar-refractivity contribution is 8.01. The van der Waals surface area contributed by atoms with E-state index in [0.29, 0.717) is 10.9 Å². The fraction of sp³-hybridized carbons (Fsp3) is 0.118. The normalized spacial score (nSPS) is 10.4. The van der Waals surface area contributed by atoms with Gasteiger partial charge in [0.25, 0.3) is 0 Å². The number of aromatic nitrogens is 2. The highest BCUT2D eigenvalue weighted by atomic mass is 32.2. The van der Waals surface area contributed by atoms with Crippen molar-refractivity contribution in [3.05, 3.63) is 60.2 Å². The minimum absolute atomic E-state index is 0.0607. The molecule has 0 saturated heterocycles. The standard InChI is InChI=1S/C17H16N4OS2/c1-12-7-9-14(10-8-12)19-16-20-21-17(24-16)23-11-15(22)18-13-5-3-2-4-6-13/h2-10H,11H2,1H3,(H,18,22)(H,19,20). The maximum Gasteiger partial charge on any atom is 0.234 e. The Hall–Kier alpha value is -2.38. The van der Waals surface area contributed by atoms with Crippen LogP contribution in [0.4, 0.5) is 16.5 Å². The van der Waals surface area contributed by atoms with Gasteiger partial charge in [-0.2, -0.15) is 0 Å². The van der Waals surface area contributed by atoms with Gasteiger partial charge in [-0.05, 0) is 31.2 Å². The van der Waals surface area contributed by atoms with E-state index in [1.165, 1.54) is 28.7 Å². The summed E-state index contributed by atoms with van der Waals surface area (Å²) < 4.78 is 0.757. The number of carbonyl (C=O) groups excluding carboxylic acids is 1. The number of para-hydroxylation sites is 1. The Labute approximate surface area is 148 Å². The summed E-state index contributed by atoms with van der Waals surface area (Å²) in [4.78, 5) is 11.9. The van der Waals surface area contributed by atoms with Crippen LogP contribution in [0.5, 0.6) is 0 Å². The van der Waals surface area contributed by atoms with E-state index in [2.05, 4.69) is 20.8 Å². The van der Waals surface area contributed by atoms with Gasteiger partial charge in [-0.15, -0.1) is 10.2 Å². The van der Waals surface area contributed by atoms with Crippen molar-refractivity contribution in [1.82, 2.24) is 10.2 Å². The molecular formula is C17H16N4OS2.